The molecule has 0 aliphatic carbocycles. The quantitative estimate of drug-likeness (QED) is 0.807. The Labute approximate surface area is 149 Å². The van der Waals surface area contributed by atoms with Crippen molar-refractivity contribution in [2.75, 3.05) is 19.7 Å². The summed E-state index contributed by atoms with van der Waals surface area (Å²) in [6.07, 6.45) is 7.17. The first kappa shape index (κ1) is 17.5. The fourth-order valence-corrected chi connectivity index (χ4v) is 3.24. The summed E-state index contributed by atoms with van der Waals surface area (Å²) in [5, 5.41) is 0. The molecule has 132 valence electrons. The summed E-state index contributed by atoms with van der Waals surface area (Å²) in [5.74, 6) is 1.71. The van der Waals surface area contributed by atoms with E-state index in [4.69, 9.17) is 4.74 Å². The number of aromatic nitrogens is 1. The molecule has 1 fully saturated rings. The third-order valence-electron chi connectivity index (χ3n) is 4.87. The van der Waals surface area contributed by atoms with Gasteiger partial charge in [0.1, 0.15) is 5.75 Å². The van der Waals surface area contributed by atoms with Gasteiger partial charge >= 0.3 is 0 Å². The molecule has 1 aromatic heterocycles. The van der Waals surface area contributed by atoms with E-state index in [2.05, 4.69) is 36.2 Å². The number of aryl methyl sites for hydroxylation is 1. The van der Waals surface area contributed by atoms with Gasteiger partial charge in [-0.3, -0.25) is 9.78 Å². The minimum absolute atomic E-state index is 0.244. The van der Waals surface area contributed by atoms with Crippen molar-refractivity contribution in [1.29, 1.82) is 0 Å². The van der Waals surface area contributed by atoms with Crippen LogP contribution in [0.15, 0.2) is 48.8 Å². The Bertz CT molecular complexity index is 662. The molecule has 1 amide bonds. The second-order valence-electron chi connectivity index (χ2n) is 6.81. The molecule has 0 bridgehead atoms. The van der Waals surface area contributed by atoms with Crippen LogP contribution in [0.1, 0.15) is 30.4 Å². The van der Waals surface area contributed by atoms with Crippen LogP contribution in [0.5, 0.6) is 5.75 Å². The number of pyridine rings is 1. The zero-order chi connectivity index (χ0) is 17.5. The van der Waals surface area contributed by atoms with Gasteiger partial charge in [0.25, 0.3) is 0 Å². The number of ether oxygens (including phenoxy) is 1. The maximum atomic E-state index is 12.5. The standard InChI is InChI=1S/C21H26N2O2/c1-17-4-6-19(7-5-17)15-21(24)23-12-8-18(9-13-23)10-14-25-20-3-2-11-22-16-20/h2-7,11,16,18H,8-10,12-15H2,1H3. The molecule has 3 rings (SSSR count). The number of amides is 1. The molecule has 0 N–H and O–H groups in total. The second kappa shape index (κ2) is 8.65. The van der Waals surface area contributed by atoms with Crippen LogP contribution in [-0.2, 0) is 11.2 Å². The molecule has 0 saturated carbocycles. The van der Waals surface area contributed by atoms with E-state index in [0.717, 1.165) is 43.7 Å². The molecule has 1 aromatic carbocycles. The number of likely N-dealkylation sites (tertiary alicyclic amines) is 1. The summed E-state index contributed by atoms with van der Waals surface area (Å²) in [5.41, 5.74) is 2.33. The first-order chi connectivity index (χ1) is 12.2. The van der Waals surface area contributed by atoms with Crippen molar-refractivity contribution in [2.24, 2.45) is 5.92 Å². The van der Waals surface area contributed by atoms with Crippen LogP contribution in [0, 0.1) is 12.8 Å². The van der Waals surface area contributed by atoms with Crippen molar-refractivity contribution in [3.05, 3.63) is 59.9 Å². The average molecular weight is 338 g/mol. The van der Waals surface area contributed by atoms with Gasteiger partial charge in [0.05, 0.1) is 19.2 Å². The topological polar surface area (TPSA) is 42.4 Å². The van der Waals surface area contributed by atoms with Crippen LogP contribution >= 0.6 is 0 Å². The summed E-state index contributed by atoms with van der Waals surface area (Å²) >= 11 is 0. The summed E-state index contributed by atoms with van der Waals surface area (Å²) in [6.45, 7) is 4.51. The molecule has 2 aromatic rings. The van der Waals surface area contributed by atoms with Crippen LogP contribution in [0.4, 0.5) is 0 Å². The molecule has 0 radical (unpaired) electrons. The van der Waals surface area contributed by atoms with Crippen molar-refractivity contribution >= 4 is 5.91 Å². The number of rotatable bonds is 6. The zero-order valence-electron chi connectivity index (χ0n) is 14.9. The number of benzene rings is 1. The number of hydrogen-bond acceptors (Lipinski definition) is 3. The molecular weight excluding hydrogens is 312 g/mol. The Morgan fingerprint density at radius 3 is 2.64 bits per heavy atom. The third-order valence-corrected chi connectivity index (χ3v) is 4.87. The lowest BCUT2D eigenvalue weighted by Gasteiger charge is -2.32. The lowest BCUT2D eigenvalue weighted by molar-refractivity contribution is -0.131. The van der Waals surface area contributed by atoms with Crippen LogP contribution in [0.2, 0.25) is 0 Å². The van der Waals surface area contributed by atoms with Crippen molar-refractivity contribution in [1.82, 2.24) is 9.88 Å². The molecule has 1 saturated heterocycles. The summed E-state index contributed by atoms with van der Waals surface area (Å²) < 4.78 is 5.73. The summed E-state index contributed by atoms with van der Waals surface area (Å²) in [7, 11) is 0. The van der Waals surface area contributed by atoms with Crippen LogP contribution < -0.4 is 4.74 Å². The van der Waals surface area contributed by atoms with Gasteiger partial charge in [0.15, 0.2) is 0 Å². The van der Waals surface area contributed by atoms with Gasteiger partial charge < -0.3 is 9.64 Å². The number of carbonyl (C=O) groups is 1. The van der Waals surface area contributed by atoms with Crippen molar-refractivity contribution in [3.63, 3.8) is 0 Å². The zero-order valence-corrected chi connectivity index (χ0v) is 14.9. The average Bonchev–Trinajstić information content (AvgIpc) is 2.65. The molecule has 1 aliphatic heterocycles. The van der Waals surface area contributed by atoms with Gasteiger partial charge in [-0.15, -0.1) is 0 Å². The minimum Gasteiger partial charge on any atom is -0.492 e. The first-order valence-corrected chi connectivity index (χ1v) is 9.07. The van der Waals surface area contributed by atoms with E-state index in [1.165, 1.54) is 5.56 Å². The predicted molar refractivity (Wildman–Crippen MR) is 98.5 cm³/mol. The summed E-state index contributed by atoms with van der Waals surface area (Å²) in [6, 6.07) is 12.0. The van der Waals surface area contributed by atoms with E-state index in [1.54, 1.807) is 12.4 Å². The fourth-order valence-electron chi connectivity index (χ4n) is 3.24. The highest BCUT2D eigenvalue weighted by molar-refractivity contribution is 5.78. The van der Waals surface area contributed by atoms with Crippen LogP contribution in [0.3, 0.4) is 0 Å². The maximum Gasteiger partial charge on any atom is 0.226 e. The SMILES string of the molecule is Cc1ccc(CC(=O)N2CCC(CCOc3cccnc3)CC2)cc1. The molecular formula is C21H26N2O2. The number of nitrogens with zero attached hydrogens (tertiary/aromatic N) is 2. The Morgan fingerprint density at radius 2 is 1.96 bits per heavy atom. The Balaban J connectivity index is 1.37. The van der Waals surface area contributed by atoms with Crippen molar-refractivity contribution in [3.8, 4) is 5.75 Å². The lowest BCUT2D eigenvalue weighted by atomic mass is 9.93. The molecule has 2 heterocycles. The minimum atomic E-state index is 0.244. The molecule has 0 spiro atoms. The molecule has 0 unspecified atom stereocenters. The van der Waals surface area contributed by atoms with E-state index in [-0.39, 0.29) is 5.91 Å². The van der Waals surface area contributed by atoms with Crippen molar-refractivity contribution in [2.45, 2.75) is 32.6 Å². The highest BCUT2D eigenvalue weighted by Gasteiger charge is 2.22. The van der Waals surface area contributed by atoms with E-state index in [9.17, 15) is 4.79 Å². The molecule has 1 aliphatic rings. The lowest BCUT2D eigenvalue weighted by Crippen LogP contribution is -2.39. The van der Waals surface area contributed by atoms with Gasteiger partial charge in [0, 0.05) is 19.3 Å². The molecule has 4 heteroatoms. The second-order valence-corrected chi connectivity index (χ2v) is 6.81. The Hall–Kier alpha value is -2.36. The highest BCUT2D eigenvalue weighted by Crippen LogP contribution is 2.21. The monoisotopic (exact) mass is 338 g/mol. The van der Waals surface area contributed by atoms with Crippen LogP contribution in [0.25, 0.3) is 0 Å². The highest BCUT2D eigenvalue weighted by atomic mass is 16.5. The Kier molecular flexibility index (Phi) is 6.04. The smallest absolute Gasteiger partial charge is 0.226 e. The maximum absolute atomic E-state index is 12.5. The third kappa shape index (κ3) is 5.31. The van der Waals surface area contributed by atoms with E-state index < -0.39 is 0 Å². The molecule has 4 nitrogen and oxygen atoms in total. The van der Waals surface area contributed by atoms with Crippen molar-refractivity contribution < 1.29 is 9.53 Å². The number of piperidine rings is 1. The number of carbonyl (C=O) groups excluding carboxylic acids is 1. The Morgan fingerprint density at radius 1 is 1.20 bits per heavy atom. The van der Waals surface area contributed by atoms with Crippen LogP contribution in [-0.4, -0.2) is 35.5 Å². The van der Waals surface area contributed by atoms with Gasteiger partial charge in [-0.1, -0.05) is 29.8 Å². The van der Waals surface area contributed by atoms with E-state index in [0.29, 0.717) is 18.9 Å². The van der Waals surface area contributed by atoms with Gasteiger partial charge in [-0.05, 0) is 49.8 Å². The number of hydrogen-bond donors (Lipinski definition) is 0. The van der Waals surface area contributed by atoms with E-state index in [1.807, 2.05) is 17.0 Å². The van der Waals surface area contributed by atoms with Gasteiger partial charge in [0.2, 0.25) is 5.91 Å². The largest absolute Gasteiger partial charge is 0.492 e. The molecule has 0 atom stereocenters. The van der Waals surface area contributed by atoms with Gasteiger partial charge in [-0.2, -0.15) is 0 Å². The fraction of sp³-hybridized carbons (Fsp3) is 0.429. The normalized spacial score (nSPS) is 15.2. The first-order valence-electron chi connectivity index (χ1n) is 9.07. The predicted octanol–water partition coefficient (Wildman–Crippen LogP) is 3.64. The summed E-state index contributed by atoms with van der Waals surface area (Å²) in [4.78, 5) is 18.5. The van der Waals surface area contributed by atoms with E-state index >= 15 is 0 Å². The molecule has 25 heavy (non-hydrogen) atoms. The van der Waals surface area contributed by atoms with Gasteiger partial charge in [-0.25, -0.2) is 0 Å².